The normalized spacial score (nSPS) is 10.9. The predicted molar refractivity (Wildman–Crippen MR) is 90.8 cm³/mol. The molecule has 0 saturated heterocycles. The molecule has 2 aromatic rings. The van der Waals surface area contributed by atoms with E-state index in [-0.39, 0.29) is 5.91 Å². The van der Waals surface area contributed by atoms with E-state index in [0.717, 1.165) is 22.6 Å². The first kappa shape index (κ1) is 16.3. The number of hydrazone groups is 1. The predicted octanol–water partition coefficient (Wildman–Crippen LogP) is 2.87. The molecule has 0 radical (unpaired) electrons. The first-order valence-electron chi connectivity index (χ1n) is 7.00. The van der Waals surface area contributed by atoms with Crippen LogP contribution >= 0.6 is 0 Å². The molecular formula is C18H18N2O3. The van der Waals surface area contributed by atoms with Crippen molar-refractivity contribution < 1.29 is 14.3 Å². The van der Waals surface area contributed by atoms with Crippen LogP contribution in [0.2, 0.25) is 0 Å². The largest absolute Gasteiger partial charge is 0.497 e. The molecule has 2 rings (SSSR count). The number of ether oxygens (including phenoxy) is 2. The molecular weight excluding hydrogens is 292 g/mol. The molecule has 5 heteroatoms. The number of amides is 1. The van der Waals surface area contributed by atoms with Gasteiger partial charge in [-0.05, 0) is 41.5 Å². The van der Waals surface area contributed by atoms with Crippen molar-refractivity contribution in [1.82, 2.24) is 5.43 Å². The van der Waals surface area contributed by atoms with E-state index in [1.807, 2.05) is 48.5 Å². The van der Waals surface area contributed by atoms with Crippen LogP contribution in [0.3, 0.4) is 0 Å². The number of hydrogen-bond donors (Lipinski definition) is 1. The van der Waals surface area contributed by atoms with Gasteiger partial charge >= 0.3 is 0 Å². The minimum atomic E-state index is -0.306. The van der Waals surface area contributed by atoms with Crippen molar-refractivity contribution in [2.45, 2.75) is 0 Å². The summed E-state index contributed by atoms with van der Waals surface area (Å²) in [5.74, 6) is 1.20. The second kappa shape index (κ2) is 8.38. The highest BCUT2D eigenvalue weighted by Crippen LogP contribution is 2.12. The summed E-state index contributed by atoms with van der Waals surface area (Å²) < 4.78 is 10.2. The number of methoxy groups -OCH3 is 2. The van der Waals surface area contributed by atoms with Gasteiger partial charge < -0.3 is 9.47 Å². The molecule has 118 valence electrons. The lowest BCUT2D eigenvalue weighted by Gasteiger charge is -2.00. The van der Waals surface area contributed by atoms with E-state index in [1.165, 1.54) is 6.08 Å². The van der Waals surface area contributed by atoms with E-state index >= 15 is 0 Å². The summed E-state index contributed by atoms with van der Waals surface area (Å²) >= 11 is 0. The van der Waals surface area contributed by atoms with Gasteiger partial charge in [0.05, 0.1) is 20.4 Å². The average molecular weight is 310 g/mol. The van der Waals surface area contributed by atoms with E-state index in [1.54, 1.807) is 26.5 Å². The van der Waals surface area contributed by atoms with Crippen LogP contribution < -0.4 is 14.9 Å². The molecule has 0 heterocycles. The third kappa shape index (κ3) is 5.32. The number of rotatable bonds is 6. The molecule has 0 aliphatic carbocycles. The number of carbonyl (C=O) groups excluding carboxylic acids is 1. The van der Waals surface area contributed by atoms with E-state index in [2.05, 4.69) is 10.5 Å². The molecule has 1 amide bonds. The van der Waals surface area contributed by atoms with Crippen LogP contribution in [0.1, 0.15) is 11.1 Å². The van der Waals surface area contributed by atoms with Gasteiger partial charge in [-0.1, -0.05) is 24.3 Å². The van der Waals surface area contributed by atoms with Gasteiger partial charge in [0.15, 0.2) is 0 Å². The Kier molecular flexibility index (Phi) is 5.94. The van der Waals surface area contributed by atoms with Gasteiger partial charge in [-0.15, -0.1) is 0 Å². The maximum absolute atomic E-state index is 11.7. The summed E-state index contributed by atoms with van der Waals surface area (Å²) in [6, 6.07) is 14.8. The standard InChI is InChI=1S/C18H18N2O3/c1-22-16-9-6-14(7-10-16)8-11-18(21)20-19-13-15-4-3-5-17(12-15)23-2/h3-13H,1-2H3,(H,20,21)/b11-8+,19-13-. The summed E-state index contributed by atoms with van der Waals surface area (Å²) in [6.07, 6.45) is 4.68. The average Bonchev–Trinajstić information content (AvgIpc) is 2.60. The molecule has 0 aliphatic rings. The zero-order chi connectivity index (χ0) is 16.5. The summed E-state index contributed by atoms with van der Waals surface area (Å²) in [6.45, 7) is 0. The van der Waals surface area contributed by atoms with Crippen LogP contribution in [0.4, 0.5) is 0 Å². The monoisotopic (exact) mass is 310 g/mol. The quantitative estimate of drug-likeness (QED) is 0.507. The first-order valence-corrected chi connectivity index (χ1v) is 7.00. The molecule has 0 fully saturated rings. The van der Waals surface area contributed by atoms with Crippen LogP contribution in [0, 0.1) is 0 Å². The van der Waals surface area contributed by atoms with E-state index in [0.29, 0.717) is 0 Å². The van der Waals surface area contributed by atoms with Gasteiger partial charge in [-0.3, -0.25) is 4.79 Å². The fraction of sp³-hybridized carbons (Fsp3) is 0.111. The van der Waals surface area contributed by atoms with Crippen molar-refractivity contribution in [2.24, 2.45) is 5.10 Å². The van der Waals surface area contributed by atoms with Crippen LogP contribution in [-0.2, 0) is 4.79 Å². The Bertz CT molecular complexity index is 706. The van der Waals surface area contributed by atoms with Crippen molar-refractivity contribution in [2.75, 3.05) is 14.2 Å². The smallest absolute Gasteiger partial charge is 0.264 e. The lowest BCUT2D eigenvalue weighted by Crippen LogP contribution is -2.14. The molecule has 1 N–H and O–H groups in total. The van der Waals surface area contributed by atoms with Crippen LogP contribution in [-0.4, -0.2) is 26.3 Å². The first-order chi connectivity index (χ1) is 11.2. The van der Waals surface area contributed by atoms with Crippen molar-refractivity contribution >= 4 is 18.2 Å². The van der Waals surface area contributed by atoms with E-state index in [9.17, 15) is 4.79 Å². The number of carbonyl (C=O) groups is 1. The molecule has 0 atom stereocenters. The van der Waals surface area contributed by atoms with Crippen LogP contribution in [0.5, 0.6) is 11.5 Å². The van der Waals surface area contributed by atoms with Crippen molar-refractivity contribution in [3.05, 3.63) is 65.7 Å². The van der Waals surface area contributed by atoms with Crippen molar-refractivity contribution in [3.63, 3.8) is 0 Å². The topological polar surface area (TPSA) is 59.9 Å². The Morgan fingerprint density at radius 3 is 2.43 bits per heavy atom. The van der Waals surface area contributed by atoms with Gasteiger partial charge in [-0.2, -0.15) is 5.10 Å². The van der Waals surface area contributed by atoms with E-state index in [4.69, 9.17) is 9.47 Å². The zero-order valence-electron chi connectivity index (χ0n) is 13.0. The Labute approximate surface area is 135 Å². The Morgan fingerprint density at radius 2 is 1.74 bits per heavy atom. The number of benzene rings is 2. The summed E-state index contributed by atoms with van der Waals surface area (Å²) in [5.41, 5.74) is 4.18. The number of nitrogens with one attached hydrogen (secondary N) is 1. The summed E-state index contributed by atoms with van der Waals surface area (Å²) in [7, 11) is 3.21. The highest BCUT2D eigenvalue weighted by molar-refractivity contribution is 5.92. The Balaban J connectivity index is 1.88. The van der Waals surface area contributed by atoms with Crippen LogP contribution in [0.15, 0.2) is 59.7 Å². The lowest BCUT2D eigenvalue weighted by atomic mass is 10.2. The lowest BCUT2D eigenvalue weighted by molar-refractivity contribution is -0.116. The van der Waals surface area contributed by atoms with E-state index < -0.39 is 0 Å². The minimum Gasteiger partial charge on any atom is -0.497 e. The number of hydrogen-bond acceptors (Lipinski definition) is 4. The molecule has 2 aromatic carbocycles. The summed E-state index contributed by atoms with van der Waals surface area (Å²) in [5, 5.41) is 3.91. The van der Waals surface area contributed by atoms with Crippen molar-refractivity contribution in [1.29, 1.82) is 0 Å². The van der Waals surface area contributed by atoms with Gasteiger partial charge in [0.1, 0.15) is 11.5 Å². The highest BCUT2D eigenvalue weighted by atomic mass is 16.5. The fourth-order valence-corrected chi connectivity index (χ4v) is 1.82. The maximum Gasteiger partial charge on any atom is 0.264 e. The molecule has 0 unspecified atom stereocenters. The maximum atomic E-state index is 11.7. The van der Waals surface area contributed by atoms with Crippen molar-refractivity contribution in [3.8, 4) is 11.5 Å². The molecule has 0 spiro atoms. The fourth-order valence-electron chi connectivity index (χ4n) is 1.82. The highest BCUT2D eigenvalue weighted by Gasteiger charge is 1.95. The SMILES string of the molecule is COc1ccc(/C=C/C(=O)N/N=C\c2cccc(OC)c2)cc1. The number of nitrogens with zero attached hydrogens (tertiary/aromatic N) is 1. The third-order valence-electron chi connectivity index (χ3n) is 3.03. The molecule has 0 bridgehead atoms. The molecule has 5 nitrogen and oxygen atoms in total. The zero-order valence-corrected chi connectivity index (χ0v) is 13.0. The molecule has 0 aromatic heterocycles. The Hall–Kier alpha value is -3.08. The molecule has 23 heavy (non-hydrogen) atoms. The summed E-state index contributed by atoms with van der Waals surface area (Å²) in [4.78, 5) is 11.7. The minimum absolute atomic E-state index is 0.306. The molecule has 0 saturated carbocycles. The Morgan fingerprint density at radius 1 is 1.00 bits per heavy atom. The second-order valence-corrected chi connectivity index (χ2v) is 4.62. The molecule has 0 aliphatic heterocycles. The second-order valence-electron chi connectivity index (χ2n) is 4.62. The van der Waals surface area contributed by atoms with Gasteiger partial charge in [-0.25, -0.2) is 5.43 Å². The van der Waals surface area contributed by atoms with Gasteiger partial charge in [0, 0.05) is 6.08 Å². The van der Waals surface area contributed by atoms with Gasteiger partial charge in [0.2, 0.25) is 0 Å². The third-order valence-corrected chi connectivity index (χ3v) is 3.03. The van der Waals surface area contributed by atoms with Gasteiger partial charge in [0.25, 0.3) is 5.91 Å². The van der Waals surface area contributed by atoms with Crippen LogP contribution in [0.25, 0.3) is 6.08 Å².